The molecule has 1 saturated heterocycles. The lowest BCUT2D eigenvalue weighted by Gasteiger charge is -2.43. The van der Waals surface area contributed by atoms with Gasteiger partial charge in [-0.15, -0.1) is 0 Å². The third kappa shape index (κ3) is 4.28. The highest BCUT2D eigenvalue weighted by molar-refractivity contribution is 7.86. The Morgan fingerprint density at radius 3 is 2.70 bits per heavy atom. The number of nitrogens with one attached hydrogen (secondary N) is 1. The van der Waals surface area contributed by atoms with Crippen LogP contribution < -0.4 is 11.2 Å². The first-order chi connectivity index (χ1) is 10.7. The molecule has 9 nitrogen and oxygen atoms in total. The Bertz CT molecular complexity index is 767. The van der Waals surface area contributed by atoms with Crippen molar-refractivity contribution in [2.45, 2.75) is 45.3 Å². The van der Waals surface area contributed by atoms with Crippen molar-refractivity contribution in [2.75, 3.05) is 12.9 Å². The Labute approximate surface area is 133 Å². The lowest BCUT2D eigenvalue weighted by molar-refractivity contribution is -0.340. The van der Waals surface area contributed by atoms with E-state index in [1.54, 1.807) is 0 Å². The SMILES string of the molecule is CCCCOC1O[C@@H](n2cc(C)c(=O)[nH]c2=O)[C@H]1OS(C)(=O)=O. The van der Waals surface area contributed by atoms with Crippen LogP contribution in [0.4, 0.5) is 0 Å². The Morgan fingerprint density at radius 1 is 1.39 bits per heavy atom. The average Bonchev–Trinajstić information content (AvgIpc) is 2.43. The van der Waals surface area contributed by atoms with Crippen molar-refractivity contribution in [3.05, 3.63) is 32.6 Å². The van der Waals surface area contributed by atoms with Crippen LogP contribution in [0.25, 0.3) is 0 Å². The van der Waals surface area contributed by atoms with Gasteiger partial charge in [-0.2, -0.15) is 8.42 Å². The van der Waals surface area contributed by atoms with E-state index in [-0.39, 0.29) is 0 Å². The van der Waals surface area contributed by atoms with Gasteiger partial charge in [0.15, 0.2) is 18.6 Å². The zero-order valence-electron chi connectivity index (χ0n) is 13.1. The van der Waals surface area contributed by atoms with E-state index >= 15 is 0 Å². The lowest BCUT2D eigenvalue weighted by Crippen LogP contribution is -2.56. The number of hydrogen-bond donors (Lipinski definition) is 1. The first-order valence-electron chi connectivity index (χ1n) is 7.20. The van der Waals surface area contributed by atoms with Crippen molar-refractivity contribution >= 4 is 10.1 Å². The van der Waals surface area contributed by atoms with Gasteiger partial charge in [0.05, 0.1) is 6.26 Å². The Morgan fingerprint density at radius 2 is 2.09 bits per heavy atom. The van der Waals surface area contributed by atoms with E-state index < -0.39 is 40.0 Å². The predicted molar refractivity (Wildman–Crippen MR) is 80.5 cm³/mol. The number of unbranched alkanes of at least 4 members (excludes halogenated alkanes) is 1. The van der Waals surface area contributed by atoms with Crippen LogP contribution in [0.1, 0.15) is 31.6 Å². The monoisotopic (exact) mass is 348 g/mol. The predicted octanol–water partition coefficient (Wildman–Crippen LogP) is -0.139. The lowest BCUT2D eigenvalue weighted by atomic mass is 10.2. The number of ether oxygens (including phenoxy) is 2. The van der Waals surface area contributed by atoms with Crippen LogP contribution in [-0.2, 0) is 23.8 Å². The molecule has 1 aromatic rings. The standard InChI is InChI=1S/C13H20N2O7S/c1-4-5-6-20-12-9(22-23(3,18)19)11(21-12)15-7-8(2)10(16)14-13(15)17/h7,9,11-12H,4-6H2,1-3H3,(H,14,16,17)/t9-,11-,12?/m1/s1. The van der Waals surface area contributed by atoms with Crippen LogP contribution in [0.15, 0.2) is 15.8 Å². The molecule has 1 aliphatic rings. The highest BCUT2D eigenvalue weighted by Gasteiger charge is 2.48. The van der Waals surface area contributed by atoms with Crippen LogP contribution >= 0.6 is 0 Å². The van der Waals surface area contributed by atoms with Gasteiger partial charge in [0.1, 0.15) is 0 Å². The van der Waals surface area contributed by atoms with Crippen molar-refractivity contribution in [2.24, 2.45) is 0 Å². The van der Waals surface area contributed by atoms with Crippen LogP contribution in [0, 0.1) is 6.92 Å². The third-order valence-corrected chi connectivity index (χ3v) is 3.88. The van der Waals surface area contributed by atoms with Gasteiger partial charge in [-0.05, 0) is 13.3 Å². The average molecular weight is 348 g/mol. The molecule has 23 heavy (non-hydrogen) atoms. The third-order valence-electron chi connectivity index (χ3n) is 3.31. The minimum atomic E-state index is -3.77. The molecule has 0 saturated carbocycles. The molecular formula is C13H20N2O7S. The molecule has 0 spiro atoms. The summed E-state index contributed by atoms with van der Waals surface area (Å²) >= 11 is 0. The van der Waals surface area contributed by atoms with E-state index in [1.807, 2.05) is 6.92 Å². The highest BCUT2D eigenvalue weighted by Crippen LogP contribution is 2.34. The summed E-state index contributed by atoms with van der Waals surface area (Å²) in [7, 11) is -3.77. The summed E-state index contributed by atoms with van der Waals surface area (Å²) in [5, 5.41) is 0. The Hall–Kier alpha value is -1.49. The van der Waals surface area contributed by atoms with Crippen molar-refractivity contribution in [1.29, 1.82) is 0 Å². The smallest absolute Gasteiger partial charge is 0.330 e. The molecule has 0 amide bonds. The number of aryl methyl sites for hydroxylation is 1. The van der Waals surface area contributed by atoms with Gasteiger partial charge in [-0.1, -0.05) is 13.3 Å². The van der Waals surface area contributed by atoms with Crippen LogP contribution in [0.3, 0.4) is 0 Å². The summed E-state index contributed by atoms with van der Waals surface area (Å²) < 4.78 is 39.8. The van der Waals surface area contributed by atoms with Gasteiger partial charge in [0, 0.05) is 18.4 Å². The number of H-pyrrole nitrogens is 1. The fraction of sp³-hybridized carbons (Fsp3) is 0.692. The summed E-state index contributed by atoms with van der Waals surface area (Å²) in [5.74, 6) is 0. The molecular weight excluding hydrogens is 328 g/mol. The molecule has 0 bridgehead atoms. The molecule has 0 radical (unpaired) electrons. The molecule has 0 aliphatic carbocycles. The van der Waals surface area contributed by atoms with E-state index in [1.165, 1.54) is 13.1 Å². The van der Waals surface area contributed by atoms with Gasteiger partial charge in [-0.3, -0.25) is 18.5 Å². The van der Waals surface area contributed by atoms with E-state index in [9.17, 15) is 18.0 Å². The molecule has 2 heterocycles. The van der Waals surface area contributed by atoms with Crippen molar-refractivity contribution in [3.8, 4) is 0 Å². The Balaban J connectivity index is 2.23. The summed E-state index contributed by atoms with van der Waals surface area (Å²) in [6, 6.07) is 0. The second kappa shape index (κ2) is 6.95. The van der Waals surface area contributed by atoms with Crippen LogP contribution in [0.5, 0.6) is 0 Å². The Kier molecular flexibility index (Phi) is 5.40. The minimum absolute atomic E-state index is 0.293. The maximum atomic E-state index is 11.9. The second-order valence-electron chi connectivity index (χ2n) is 5.36. The van der Waals surface area contributed by atoms with E-state index in [0.717, 1.165) is 23.7 Å². The normalized spacial score (nSPS) is 24.4. The first-order valence-corrected chi connectivity index (χ1v) is 9.02. The molecule has 1 unspecified atom stereocenters. The minimum Gasteiger partial charge on any atom is -0.350 e. The maximum absolute atomic E-state index is 11.9. The second-order valence-corrected chi connectivity index (χ2v) is 6.96. The van der Waals surface area contributed by atoms with Gasteiger partial charge < -0.3 is 9.47 Å². The number of aromatic nitrogens is 2. The first kappa shape index (κ1) is 17.9. The van der Waals surface area contributed by atoms with Crippen molar-refractivity contribution < 1.29 is 22.1 Å². The summed E-state index contributed by atoms with van der Waals surface area (Å²) in [5.41, 5.74) is -0.928. The molecule has 1 fully saturated rings. The van der Waals surface area contributed by atoms with Gasteiger partial charge >= 0.3 is 5.69 Å². The molecule has 3 atom stereocenters. The quantitative estimate of drug-likeness (QED) is 0.538. The van der Waals surface area contributed by atoms with E-state index in [4.69, 9.17) is 13.7 Å². The van der Waals surface area contributed by atoms with Crippen LogP contribution in [-0.4, -0.2) is 43.2 Å². The number of rotatable bonds is 7. The van der Waals surface area contributed by atoms with Gasteiger partial charge in [0.2, 0.25) is 0 Å². The molecule has 1 aromatic heterocycles. The van der Waals surface area contributed by atoms with Crippen LogP contribution in [0.2, 0.25) is 0 Å². The highest BCUT2D eigenvalue weighted by atomic mass is 32.2. The summed E-state index contributed by atoms with van der Waals surface area (Å²) in [6.45, 7) is 3.90. The zero-order chi connectivity index (χ0) is 17.2. The topological polar surface area (TPSA) is 117 Å². The molecule has 1 N–H and O–H groups in total. The zero-order valence-corrected chi connectivity index (χ0v) is 14.0. The number of aromatic amines is 1. The van der Waals surface area contributed by atoms with Crippen molar-refractivity contribution in [3.63, 3.8) is 0 Å². The number of hydrogen-bond acceptors (Lipinski definition) is 7. The largest absolute Gasteiger partial charge is 0.350 e. The fourth-order valence-corrected chi connectivity index (χ4v) is 2.70. The molecule has 130 valence electrons. The maximum Gasteiger partial charge on any atom is 0.330 e. The molecule has 0 aromatic carbocycles. The molecule has 2 rings (SSSR count). The van der Waals surface area contributed by atoms with E-state index in [2.05, 4.69) is 4.98 Å². The number of nitrogens with zero attached hydrogens (tertiary/aromatic N) is 1. The molecule has 1 aliphatic heterocycles. The van der Waals surface area contributed by atoms with E-state index in [0.29, 0.717) is 12.2 Å². The fourth-order valence-electron chi connectivity index (χ4n) is 2.11. The summed E-state index contributed by atoms with van der Waals surface area (Å²) in [6.07, 6.45) is 1.03. The van der Waals surface area contributed by atoms with Gasteiger partial charge in [0.25, 0.3) is 15.7 Å². The molecule has 10 heteroatoms. The summed E-state index contributed by atoms with van der Waals surface area (Å²) in [4.78, 5) is 25.4. The van der Waals surface area contributed by atoms with Gasteiger partial charge in [-0.25, -0.2) is 4.79 Å². The van der Waals surface area contributed by atoms with Crippen molar-refractivity contribution in [1.82, 2.24) is 9.55 Å².